The summed E-state index contributed by atoms with van der Waals surface area (Å²) >= 11 is 0. The number of furan rings is 2. The number of sulfonamides is 1. The molecule has 2 heterocycles. The second-order valence-corrected chi connectivity index (χ2v) is 7.88. The Morgan fingerprint density at radius 1 is 0.964 bits per heavy atom. The van der Waals surface area contributed by atoms with Crippen molar-refractivity contribution in [3.05, 3.63) is 78.1 Å². The summed E-state index contributed by atoms with van der Waals surface area (Å²) in [5.41, 5.74) is 0.345. The van der Waals surface area contributed by atoms with Gasteiger partial charge in [0.15, 0.2) is 0 Å². The van der Waals surface area contributed by atoms with Gasteiger partial charge in [-0.25, -0.2) is 8.42 Å². The molecule has 0 aliphatic carbocycles. The van der Waals surface area contributed by atoms with Gasteiger partial charge in [0.05, 0.1) is 37.6 Å². The van der Waals surface area contributed by atoms with Crippen LogP contribution >= 0.6 is 0 Å². The fourth-order valence-corrected chi connectivity index (χ4v) is 3.55. The van der Waals surface area contributed by atoms with E-state index in [9.17, 15) is 13.2 Å². The fourth-order valence-electron chi connectivity index (χ4n) is 2.58. The third-order valence-corrected chi connectivity index (χ3v) is 5.83. The molecule has 0 N–H and O–H groups in total. The smallest absolute Gasteiger partial charge is 0.264 e. The number of carbonyl (C=O) groups excluding carboxylic acids is 1. The summed E-state index contributed by atoms with van der Waals surface area (Å²) in [5.74, 6) is 0.971. The van der Waals surface area contributed by atoms with Gasteiger partial charge in [-0.1, -0.05) is 4.47 Å². The highest BCUT2D eigenvalue weighted by Gasteiger charge is 2.23. The highest BCUT2D eigenvalue weighted by atomic mass is 32.2. The third-order valence-electron chi connectivity index (χ3n) is 4.14. The number of hydroxylamine groups is 1. The molecule has 0 aliphatic heterocycles. The van der Waals surface area contributed by atoms with E-state index in [1.165, 1.54) is 50.9 Å². The molecular weight excluding hydrogens is 384 g/mol. The number of nitrogens with zero attached hydrogens (tertiary/aromatic N) is 2. The van der Waals surface area contributed by atoms with Gasteiger partial charge in [-0.3, -0.25) is 9.63 Å². The lowest BCUT2D eigenvalue weighted by Crippen LogP contribution is -2.30. The maximum atomic E-state index is 13.0. The standard InChI is InChI=1S/C19H20N2O6S/c1-20(25-2)28(23,24)18-9-7-15(8-10-18)19(22)21(13-16-5-3-11-26-16)14-17-6-4-12-27-17/h3-12H,13-14H2,1-2H3. The van der Waals surface area contributed by atoms with Crippen molar-refractivity contribution in [1.29, 1.82) is 0 Å². The Kier molecular flexibility index (Phi) is 5.98. The molecule has 0 radical (unpaired) electrons. The Bertz CT molecular complexity index is 959. The molecule has 3 aromatic rings. The predicted molar refractivity (Wildman–Crippen MR) is 99.4 cm³/mol. The Morgan fingerprint density at radius 3 is 1.93 bits per heavy atom. The molecule has 0 aliphatic rings. The van der Waals surface area contributed by atoms with Crippen LogP contribution in [0.4, 0.5) is 0 Å². The van der Waals surface area contributed by atoms with E-state index in [-0.39, 0.29) is 23.9 Å². The Morgan fingerprint density at radius 2 is 1.50 bits per heavy atom. The van der Waals surface area contributed by atoms with Crippen LogP contribution in [-0.2, 0) is 28.0 Å². The molecule has 0 atom stereocenters. The molecular formula is C19H20N2O6S. The van der Waals surface area contributed by atoms with E-state index in [0.29, 0.717) is 17.1 Å². The van der Waals surface area contributed by atoms with E-state index in [1.807, 2.05) is 0 Å². The summed E-state index contributed by atoms with van der Waals surface area (Å²) in [4.78, 5) is 19.3. The molecule has 8 nitrogen and oxygen atoms in total. The molecule has 9 heteroatoms. The van der Waals surface area contributed by atoms with Gasteiger partial charge in [0, 0.05) is 12.6 Å². The topological polar surface area (TPSA) is 93.2 Å². The molecule has 1 amide bonds. The number of hydrogen-bond donors (Lipinski definition) is 0. The third kappa shape index (κ3) is 4.33. The fraction of sp³-hybridized carbons (Fsp3) is 0.211. The maximum Gasteiger partial charge on any atom is 0.264 e. The molecule has 0 saturated carbocycles. The van der Waals surface area contributed by atoms with Gasteiger partial charge in [-0.05, 0) is 48.5 Å². The van der Waals surface area contributed by atoms with Crippen LogP contribution in [0, 0.1) is 0 Å². The molecule has 148 valence electrons. The van der Waals surface area contributed by atoms with Crippen molar-refractivity contribution in [1.82, 2.24) is 9.37 Å². The SMILES string of the molecule is CON(C)S(=O)(=O)c1ccc(C(=O)N(Cc2ccco2)Cc2ccco2)cc1. The first-order valence-electron chi connectivity index (χ1n) is 8.39. The molecule has 2 aromatic heterocycles. The Hall–Kier alpha value is -2.88. The van der Waals surface area contributed by atoms with Gasteiger partial charge in [0.1, 0.15) is 11.5 Å². The lowest BCUT2D eigenvalue weighted by molar-refractivity contribution is -0.0258. The Balaban J connectivity index is 1.83. The van der Waals surface area contributed by atoms with Crippen LogP contribution in [0.3, 0.4) is 0 Å². The van der Waals surface area contributed by atoms with Crippen molar-refractivity contribution in [2.75, 3.05) is 14.2 Å². The quantitative estimate of drug-likeness (QED) is 0.536. The number of rotatable bonds is 8. The van der Waals surface area contributed by atoms with Gasteiger partial charge in [0.2, 0.25) is 0 Å². The van der Waals surface area contributed by atoms with Gasteiger partial charge < -0.3 is 13.7 Å². The van der Waals surface area contributed by atoms with Crippen molar-refractivity contribution in [2.45, 2.75) is 18.0 Å². The van der Waals surface area contributed by atoms with Gasteiger partial charge in [-0.2, -0.15) is 0 Å². The van der Waals surface area contributed by atoms with Crippen molar-refractivity contribution in [3.63, 3.8) is 0 Å². The monoisotopic (exact) mass is 404 g/mol. The second kappa shape index (κ2) is 8.42. The molecule has 0 spiro atoms. The molecule has 28 heavy (non-hydrogen) atoms. The van der Waals surface area contributed by atoms with E-state index < -0.39 is 10.0 Å². The lowest BCUT2D eigenvalue weighted by Gasteiger charge is -2.21. The summed E-state index contributed by atoms with van der Waals surface area (Å²) in [6.07, 6.45) is 3.08. The van der Waals surface area contributed by atoms with E-state index in [4.69, 9.17) is 13.7 Å². The zero-order valence-corrected chi connectivity index (χ0v) is 16.3. The number of carbonyl (C=O) groups is 1. The summed E-state index contributed by atoms with van der Waals surface area (Å²) in [5, 5.41) is 0. The van der Waals surface area contributed by atoms with Crippen molar-refractivity contribution < 1.29 is 26.9 Å². The minimum atomic E-state index is -3.78. The van der Waals surface area contributed by atoms with Crippen LogP contribution in [-0.4, -0.2) is 37.9 Å². The first kappa shape index (κ1) is 19.9. The van der Waals surface area contributed by atoms with Crippen LogP contribution in [0.25, 0.3) is 0 Å². The van der Waals surface area contributed by atoms with Crippen LogP contribution in [0.1, 0.15) is 21.9 Å². The maximum absolute atomic E-state index is 13.0. The normalized spacial score (nSPS) is 11.7. The molecule has 0 fully saturated rings. The first-order valence-corrected chi connectivity index (χ1v) is 9.83. The summed E-state index contributed by atoms with van der Waals surface area (Å²) in [7, 11) is -1.22. The average molecular weight is 404 g/mol. The van der Waals surface area contributed by atoms with E-state index in [2.05, 4.69) is 0 Å². The Labute approximate surface area is 162 Å². The molecule has 0 bridgehead atoms. The first-order chi connectivity index (χ1) is 13.4. The second-order valence-electron chi connectivity index (χ2n) is 5.94. The highest BCUT2D eigenvalue weighted by Crippen LogP contribution is 2.18. The van der Waals surface area contributed by atoms with Crippen LogP contribution < -0.4 is 0 Å². The predicted octanol–water partition coefficient (Wildman–Crippen LogP) is 2.90. The zero-order chi connectivity index (χ0) is 20.1. The van der Waals surface area contributed by atoms with Crippen molar-refractivity contribution in [2.24, 2.45) is 0 Å². The molecule has 0 unspecified atom stereocenters. The number of amides is 1. The van der Waals surface area contributed by atoms with E-state index >= 15 is 0 Å². The molecule has 0 saturated heterocycles. The minimum absolute atomic E-state index is 0.0250. The lowest BCUT2D eigenvalue weighted by atomic mass is 10.2. The zero-order valence-electron chi connectivity index (χ0n) is 15.4. The summed E-state index contributed by atoms with van der Waals surface area (Å²) in [6.45, 7) is 0.498. The molecule has 1 aromatic carbocycles. The summed E-state index contributed by atoms with van der Waals surface area (Å²) < 4.78 is 36.0. The minimum Gasteiger partial charge on any atom is -0.467 e. The number of hydrogen-bond acceptors (Lipinski definition) is 6. The largest absolute Gasteiger partial charge is 0.467 e. The van der Waals surface area contributed by atoms with Gasteiger partial charge in [0.25, 0.3) is 15.9 Å². The van der Waals surface area contributed by atoms with Crippen LogP contribution in [0.15, 0.2) is 74.8 Å². The van der Waals surface area contributed by atoms with Gasteiger partial charge >= 0.3 is 0 Å². The van der Waals surface area contributed by atoms with Crippen molar-refractivity contribution >= 4 is 15.9 Å². The van der Waals surface area contributed by atoms with Crippen molar-refractivity contribution in [3.8, 4) is 0 Å². The van der Waals surface area contributed by atoms with E-state index in [0.717, 1.165) is 4.47 Å². The number of benzene rings is 1. The highest BCUT2D eigenvalue weighted by molar-refractivity contribution is 7.89. The van der Waals surface area contributed by atoms with E-state index in [1.54, 1.807) is 29.2 Å². The summed E-state index contributed by atoms with van der Waals surface area (Å²) in [6, 6.07) is 12.7. The van der Waals surface area contributed by atoms with Crippen LogP contribution in [0.5, 0.6) is 0 Å². The van der Waals surface area contributed by atoms with Gasteiger partial charge in [-0.15, -0.1) is 0 Å². The average Bonchev–Trinajstić information content (AvgIpc) is 3.40. The van der Waals surface area contributed by atoms with Crippen LogP contribution in [0.2, 0.25) is 0 Å². The molecule has 3 rings (SSSR count).